The van der Waals surface area contributed by atoms with Crippen LogP contribution < -0.4 is 5.32 Å². The van der Waals surface area contributed by atoms with Gasteiger partial charge in [-0.05, 0) is 26.3 Å². The van der Waals surface area contributed by atoms with E-state index >= 15 is 0 Å². The Morgan fingerprint density at radius 2 is 2.33 bits per heavy atom. The van der Waals surface area contributed by atoms with E-state index in [9.17, 15) is 14.9 Å². The van der Waals surface area contributed by atoms with Crippen molar-refractivity contribution in [1.29, 1.82) is 0 Å². The van der Waals surface area contributed by atoms with Crippen LogP contribution in [0.15, 0.2) is 12.3 Å². The normalized spacial score (nSPS) is 17.9. The average Bonchev–Trinajstić information content (AvgIpc) is 3.09. The zero-order valence-electron chi connectivity index (χ0n) is 12.5. The molecule has 2 rings (SSSR count). The fraction of sp³-hybridized carbons (Fsp3) is 0.643. The SMILES string of the molecule is CCCn1cc([N+](=O)[O-])cc1C(=O)N(CC)C1CCNC1. The van der Waals surface area contributed by atoms with E-state index in [1.165, 1.54) is 12.3 Å². The molecule has 1 aromatic rings. The van der Waals surface area contributed by atoms with Crippen LogP contribution in [-0.4, -0.2) is 46.0 Å². The Kier molecular flexibility index (Phi) is 4.95. The van der Waals surface area contributed by atoms with Gasteiger partial charge in [-0.15, -0.1) is 0 Å². The van der Waals surface area contributed by atoms with Gasteiger partial charge >= 0.3 is 0 Å². The van der Waals surface area contributed by atoms with Gasteiger partial charge in [-0.3, -0.25) is 14.9 Å². The lowest BCUT2D eigenvalue weighted by atomic mass is 10.2. The number of aryl methyl sites for hydroxylation is 1. The van der Waals surface area contributed by atoms with Gasteiger partial charge in [0, 0.05) is 31.7 Å². The van der Waals surface area contributed by atoms with Crippen molar-refractivity contribution in [3.8, 4) is 0 Å². The van der Waals surface area contributed by atoms with Crippen LogP contribution in [0.5, 0.6) is 0 Å². The van der Waals surface area contributed by atoms with Crippen molar-refractivity contribution in [2.24, 2.45) is 0 Å². The first kappa shape index (κ1) is 15.5. The highest BCUT2D eigenvalue weighted by Gasteiger charge is 2.29. The lowest BCUT2D eigenvalue weighted by molar-refractivity contribution is -0.384. The number of rotatable bonds is 6. The number of likely N-dealkylation sites (N-methyl/N-ethyl adjacent to an activating group) is 1. The number of carbonyl (C=O) groups excluding carboxylic acids is 1. The summed E-state index contributed by atoms with van der Waals surface area (Å²) in [6.45, 7) is 6.84. The van der Waals surface area contributed by atoms with Crippen molar-refractivity contribution in [3.05, 3.63) is 28.1 Å². The van der Waals surface area contributed by atoms with Gasteiger partial charge < -0.3 is 14.8 Å². The van der Waals surface area contributed by atoms with E-state index in [4.69, 9.17) is 0 Å². The summed E-state index contributed by atoms with van der Waals surface area (Å²) in [5.74, 6) is -0.118. The van der Waals surface area contributed by atoms with Gasteiger partial charge in [0.25, 0.3) is 11.6 Å². The second kappa shape index (κ2) is 6.71. The molecule has 1 amide bonds. The van der Waals surface area contributed by atoms with Crippen LogP contribution in [0.25, 0.3) is 0 Å². The predicted octanol–water partition coefficient (Wildman–Crippen LogP) is 1.63. The molecular formula is C14H22N4O3. The van der Waals surface area contributed by atoms with E-state index in [2.05, 4.69) is 5.32 Å². The molecule has 1 fully saturated rings. The fourth-order valence-corrected chi connectivity index (χ4v) is 2.82. The molecule has 116 valence electrons. The second-order valence-corrected chi connectivity index (χ2v) is 5.27. The Morgan fingerprint density at radius 1 is 1.57 bits per heavy atom. The number of amides is 1. The van der Waals surface area contributed by atoms with E-state index < -0.39 is 4.92 Å². The fourth-order valence-electron chi connectivity index (χ4n) is 2.82. The molecule has 7 nitrogen and oxygen atoms in total. The number of nitro groups is 1. The third-order valence-electron chi connectivity index (χ3n) is 3.85. The molecule has 7 heteroatoms. The van der Waals surface area contributed by atoms with Crippen molar-refractivity contribution in [2.75, 3.05) is 19.6 Å². The molecule has 1 aliphatic rings. The molecule has 1 atom stereocenters. The molecule has 0 aliphatic carbocycles. The zero-order valence-corrected chi connectivity index (χ0v) is 12.5. The third-order valence-corrected chi connectivity index (χ3v) is 3.85. The molecule has 0 radical (unpaired) electrons. The maximum atomic E-state index is 12.7. The summed E-state index contributed by atoms with van der Waals surface area (Å²) in [5, 5.41) is 14.2. The number of hydrogen-bond acceptors (Lipinski definition) is 4. The molecule has 1 unspecified atom stereocenters. The van der Waals surface area contributed by atoms with Crippen molar-refractivity contribution >= 4 is 11.6 Å². The lowest BCUT2D eigenvalue weighted by Gasteiger charge is -2.27. The van der Waals surface area contributed by atoms with Crippen molar-refractivity contribution in [1.82, 2.24) is 14.8 Å². The van der Waals surface area contributed by atoms with Crippen LogP contribution in [-0.2, 0) is 6.54 Å². The largest absolute Gasteiger partial charge is 0.337 e. The first-order valence-electron chi connectivity index (χ1n) is 7.44. The topological polar surface area (TPSA) is 80.4 Å². The molecule has 21 heavy (non-hydrogen) atoms. The lowest BCUT2D eigenvalue weighted by Crippen LogP contribution is -2.42. The first-order valence-corrected chi connectivity index (χ1v) is 7.44. The summed E-state index contributed by atoms with van der Waals surface area (Å²) in [6.07, 6.45) is 3.21. The summed E-state index contributed by atoms with van der Waals surface area (Å²) in [5.41, 5.74) is 0.393. The monoisotopic (exact) mass is 294 g/mol. The smallest absolute Gasteiger partial charge is 0.287 e. The standard InChI is InChI=1S/C14H22N4O3/c1-3-7-16-10-12(18(20)21)8-13(16)14(19)17(4-2)11-5-6-15-9-11/h8,10-11,15H,3-7,9H2,1-2H3. The minimum atomic E-state index is -0.448. The number of carbonyl (C=O) groups is 1. The molecule has 1 aromatic heterocycles. The highest BCUT2D eigenvalue weighted by molar-refractivity contribution is 5.93. The minimum absolute atomic E-state index is 0.0209. The number of hydrogen-bond donors (Lipinski definition) is 1. The summed E-state index contributed by atoms with van der Waals surface area (Å²) < 4.78 is 1.70. The Labute approximate surface area is 124 Å². The molecule has 0 saturated carbocycles. The van der Waals surface area contributed by atoms with Crippen LogP contribution in [0.2, 0.25) is 0 Å². The van der Waals surface area contributed by atoms with E-state index in [1.807, 2.05) is 18.7 Å². The molecule has 0 bridgehead atoms. The van der Waals surface area contributed by atoms with Gasteiger partial charge in [0.15, 0.2) is 0 Å². The summed E-state index contributed by atoms with van der Waals surface area (Å²) in [4.78, 5) is 25.1. The highest BCUT2D eigenvalue weighted by Crippen LogP contribution is 2.20. The Hall–Kier alpha value is -1.89. The van der Waals surface area contributed by atoms with E-state index in [0.29, 0.717) is 18.8 Å². The van der Waals surface area contributed by atoms with Crippen molar-refractivity contribution < 1.29 is 9.72 Å². The maximum absolute atomic E-state index is 12.7. The summed E-state index contributed by atoms with van der Waals surface area (Å²) in [7, 11) is 0. The Morgan fingerprint density at radius 3 is 2.86 bits per heavy atom. The van der Waals surface area contributed by atoms with Crippen LogP contribution in [0.4, 0.5) is 5.69 Å². The van der Waals surface area contributed by atoms with Crippen molar-refractivity contribution in [2.45, 2.75) is 39.3 Å². The quantitative estimate of drug-likeness (QED) is 0.638. The van der Waals surface area contributed by atoms with Gasteiger partial charge in [-0.1, -0.05) is 6.92 Å². The van der Waals surface area contributed by atoms with Gasteiger partial charge in [0.1, 0.15) is 5.69 Å². The minimum Gasteiger partial charge on any atom is -0.337 e. The summed E-state index contributed by atoms with van der Waals surface area (Å²) in [6, 6.07) is 1.56. The predicted molar refractivity (Wildman–Crippen MR) is 79.4 cm³/mol. The number of nitrogens with zero attached hydrogens (tertiary/aromatic N) is 3. The van der Waals surface area contributed by atoms with E-state index in [0.717, 1.165) is 25.9 Å². The van der Waals surface area contributed by atoms with E-state index in [-0.39, 0.29) is 17.6 Å². The third kappa shape index (κ3) is 3.24. The van der Waals surface area contributed by atoms with Crippen LogP contribution in [0.1, 0.15) is 37.2 Å². The van der Waals surface area contributed by atoms with Crippen molar-refractivity contribution in [3.63, 3.8) is 0 Å². The van der Waals surface area contributed by atoms with Gasteiger partial charge in [-0.25, -0.2) is 0 Å². The Bertz CT molecular complexity index is 520. The highest BCUT2D eigenvalue weighted by atomic mass is 16.6. The second-order valence-electron chi connectivity index (χ2n) is 5.27. The molecular weight excluding hydrogens is 272 g/mol. The zero-order chi connectivity index (χ0) is 15.4. The molecule has 1 N–H and O–H groups in total. The van der Waals surface area contributed by atoms with Gasteiger partial charge in [0.2, 0.25) is 0 Å². The molecule has 0 spiro atoms. The van der Waals surface area contributed by atoms with Crippen LogP contribution in [0, 0.1) is 10.1 Å². The van der Waals surface area contributed by atoms with E-state index in [1.54, 1.807) is 4.57 Å². The Balaban J connectivity index is 2.29. The van der Waals surface area contributed by atoms with Gasteiger partial charge in [0.05, 0.1) is 11.1 Å². The van der Waals surface area contributed by atoms with Crippen LogP contribution >= 0.6 is 0 Å². The summed E-state index contributed by atoms with van der Waals surface area (Å²) >= 11 is 0. The molecule has 1 aliphatic heterocycles. The molecule has 1 saturated heterocycles. The maximum Gasteiger partial charge on any atom is 0.287 e. The molecule has 2 heterocycles. The number of aromatic nitrogens is 1. The van der Waals surface area contributed by atoms with Gasteiger partial charge in [-0.2, -0.15) is 0 Å². The average molecular weight is 294 g/mol. The first-order chi connectivity index (χ1) is 10.1. The molecule has 0 aromatic carbocycles. The van der Waals surface area contributed by atoms with Crippen LogP contribution in [0.3, 0.4) is 0 Å². The number of nitrogens with one attached hydrogen (secondary N) is 1.